The third-order valence-electron chi connectivity index (χ3n) is 3.05. The highest BCUT2D eigenvalue weighted by Crippen LogP contribution is 2.03. The Balaban J connectivity index is 2.04. The van der Waals surface area contributed by atoms with Crippen LogP contribution < -0.4 is 5.32 Å². The van der Waals surface area contributed by atoms with Crippen LogP contribution in [0, 0.1) is 0 Å². The molecule has 1 aromatic rings. The van der Waals surface area contributed by atoms with Crippen LogP contribution in [0.25, 0.3) is 0 Å². The first-order valence-corrected chi connectivity index (χ1v) is 7.14. The van der Waals surface area contributed by atoms with Crippen LogP contribution in [0.1, 0.15) is 12.5 Å². The van der Waals surface area contributed by atoms with Gasteiger partial charge in [0.25, 0.3) is 0 Å². The number of benzene rings is 1. The minimum Gasteiger partial charge on any atom is -0.450 e. The van der Waals surface area contributed by atoms with Gasteiger partial charge in [0.05, 0.1) is 26.4 Å². The van der Waals surface area contributed by atoms with Crippen molar-refractivity contribution >= 4 is 12.1 Å². The number of aliphatic imine (C=N–C) groups is 1. The Morgan fingerprint density at radius 3 is 2.71 bits per heavy atom. The second-order valence-corrected chi connectivity index (χ2v) is 4.57. The van der Waals surface area contributed by atoms with Crippen molar-refractivity contribution in [1.29, 1.82) is 0 Å². The van der Waals surface area contributed by atoms with Gasteiger partial charge in [0, 0.05) is 13.1 Å². The number of nitrogens with one attached hydrogen (secondary N) is 1. The molecule has 1 saturated heterocycles. The van der Waals surface area contributed by atoms with Crippen molar-refractivity contribution in [3.05, 3.63) is 35.9 Å². The maximum atomic E-state index is 11.6. The second-order valence-electron chi connectivity index (χ2n) is 4.57. The number of ether oxygens (including phenoxy) is 2. The van der Waals surface area contributed by atoms with E-state index in [2.05, 4.69) is 10.3 Å². The minimum absolute atomic E-state index is 0.334. The molecule has 6 nitrogen and oxygen atoms in total. The molecule has 0 unspecified atom stereocenters. The molecule has 114 valence electrons. The number of alkyl carbamates (subject to hydrolysis) is 1. The molecule has 0 aromatic heterocycles. The fraction of sp³-hybridized carbons (Fsp3) is 0.467. The van der Waals surface area contributed by atoms with Crippen LogP contribution in [0.15, 0.2) is 35.3 Å². The molecule has 1 aromatic carbocycles. The number of carbonyl (C=O) groups is 1. The second kappa shape index (κ2) is 8.26. The summed E-state index contributed by atoms with van der Waals surface area (Å²) in [6, 6.07) is 9.92. The van der Waals surface area contributed by atoms with Crippen molar-refractivity contribution in [2.75, 3.05) is 32.9 Å². The molecular formula is C15H21N3O3. The van der Waals surface area contributed by atoms with Gasteiger partial charge in [0.15, 0.2) is 0 Å². The van der Waals surface area contributed by atoms with E-state index in [9.17, 15) is 4.79 Å². The average Bonchev–Trinajstić information content (AvgIpc) is 2.53. The monoisotopic (exact) mass is 291 g/mol. The molecule has 0 bridgehead atoms. The van der Waals surface area contributed by atoms with Gasteiger partial charge in [-0.2, -0.15) is 0 Å². The van der Waals surface area contributed by atoms with E-state index in [1.807, 2.05) is 35.2 Å². The Bertz CT molecular complexity index is 470. The van der Waals surface area contributed by atoms with Crippen LogP contribution in [0.3, 0.4) is 0 Å². The van der Waals surface area contributed by atoms with Crippen molar-refractivity contribution in [3.63, 3.8) is 0 Å². The van der Waals surface area contributed by atoms with E-state index in [0.717, 1.165) is 5.56 Å². The molecule has 1 fully saturated rings. The van der Waals surface area contributed by atoms with E-state index in [-0.39, 0.29) is 0 Å². The van der Waals surface area contributed by atoms with E-state index < -0.39 is 6.09 Å². The number of rotatable bonds is 3. The van der Waals surface area contributed by atoms with Crippen LogP contribution in [-0.4, -0.2) is 49.9 Å². The Morgan fingerprint density at radius 1 is 1.33 bits per heavy atom. The molecule has 2 rings (SSSR count). The first kappa shape index (κ1) is 15.3. The molecule has 1 heterocycles. The molecule has 0 spiro atoms. The fourth-order valence-corrected chi connectivity index (χ4v) is 2.00. The van der Waals surface area contributed by atoms with Gasteiger partial charge >= 0.3 is 6.09 Å². The summed E-state index contributed by atoms with van der Waals surface area (Å²) in [5, 5.41) is 2.72. The summed E-state index contributed by atoms with van der Waals surface area (Å²) in [5.74, 6) is 0.542. The van der Waals surface area contributed by atoms with Gasteiger partial charge in [-0.1, -0.05) is 30.3 Å². The highest BCUT2D eigenvalue weighted by atomic mass is 16.5. The summed E-state index contributed by atoms with van der Waals surface area (Å²) in [6.07, 6.45) is -0.476. The van der Waals surface area contributed by atoms with Crippen LogP contribution >= 0.6 is 0 Å². The largest absolute Gasteiger partial charge is 0.450 e. The van der Waals surface area contributed by atoms with E-state index in [4.69, 9.17) is 9.47 Å². The first-order chi connectivity index (χ1) is 10.3. The Hall–Kier alpha value is -2.08. The number of amides is 1. The van der Waals surface area contributed by atoms with Gasteiger partial charge in [-0.05, 0) is 12.5 Å². The fourth-order valence-electron chi connectivity index (χ4n) is 2.00. The number of carbonyl (C=O) groups excluding carboxylic acids is 1. The van der Waals surface area contributed by atoms with Gasteiger partial charge in [0.1, 0.15) is 0 Å². The molecule has 0 atom stereocenters. The van der Waals surface area contributed by atoms with Crippen molar-refractivity contribution in [1.82, 2.24) is 10.2 Å². The lowest BCUT2D eigenvalue weighted by atomic mass is 10.2. The predicted octanol–water partition coefficient (Wildman–Crippen LogP) is 1.62. The van der Waals surface area contributed by atoms with E-state index >= 15 is 0 Å². The highest BCUT2D eigenvalue weighted by Gasteiger charge is 2.17. The van der Waals surface area contributed by atoms with E-state index in [0.29, 0.717) is 45.4 Å². The van der Waals surface area contributed by atoms with Crippen LogP contribution in [0.5, 0.6) is 0 Å². The van der Waals surface area contributed by atoms with Crippen LogP contribution in [0.2, 0.25) is 0 Å². The molecule has 1 aliphatic heterocycles. The number of nitrogens with zero attached hydrogens (tertiary/aromatic N) is 2. The third-order valence-corrected chi connectivity index (χ3v) is 3.05. The van der Waals surface area contributed by atoms with Gasteiger partial charge in [-0.3, -0.25) is 5.32 Å². The molecule has 1 amide bonds. The zero-order chi connectivity index (χ0) is 14.9. The lowest BCUT2D eigenvalue weighted by Crippen LogP contribution is -2.49. The Morgan fingerprint density at radius 2 is 2.05 bits per heavy atom. The lowest BCUT2D eigenvalue weighted by molar-refractivity contribution is 0.0660. The van der Waals surface area contributed by atoms with Crippen molar-refractivity contribution in [3.8, 4) is 0 Å². The van der Waals surface area contributed by atoms with Gasteiger partial charge in [0.2, 0.25) is 5.96 Å². The number of hydrogen-bond acceptors (Lipinski definition) is 4. The SMILES string of the molecule is CCOC(=O)NC(=NCc1ccccc1)N1CCOCC1. The third kappa shape index (κ3) is 5.07. The summed E-state index contributed by atoms with van der Waals surface area (Å²) in [5.41, 5.74) is 1.09. The first-order valence-electron chi connectivity index (χ1n) is 7.14. The van der Waals surface area contributed by atoms with Gasteiger partial charge in [-0.25, -0.2) is 9.79 Å². The standard InChI is InChI=1S/C15H21N3O3/c1-2-21-15(19)17-14(18-8-10-20-11-9-18)16-12-13-6-4-3-5-7-13/h3-7H,2,8-12H2,1H3,(H,16,17,19). The zero-order valence-corrected chi connectivity index (χ0v) is 12.2. The summed E-state index contributed by atoms with van der Waals surface area (Å²) in [7, 11) is 0. The smallest absolute Gasteiger partial charge is 0.413 e. The Labute approximate surface area is 124 Å². The molecule has 6 heteroatoms. The number of guanidine groups is 1. The summed E-state index contributed by atoms with van der Waals surface area (Å²) in [4.78, 5) is 18.2. The predicted molar refractivity (Wildman–Crippen MR) is 80.1 cm³/mol. The van der Waals surface area contributed by atoms with Crippen LogP contribution in [-0.2, 0) is 16.0 Å². The van der Waals surface area contributed by atoms with E-state index in [1.54, 1.807) is 6.92 Å². The summed E-state index contributed by atoms with van der Waals surface area (Å²) in [6.45, 7) is 5.31. The maximum Gasteiger partial charge on any atom is 0.413 e. The number of morpholine rings is 1. The molecule has 0 aliphatic carbocycles. The van der Waals surface area contributed by atoms with Crippen molar-refractivity contribution < 1.29 is 14.3 Å². The van der Waals surface area contributed by atoms with Gasteiger partial charge < -0.3 is 14.4 Å². The average molecular weight is 291 g/mol. The van der Waals surface area contributed by atoms with Crippen molar-refractivity contribution in [2.24, 2.45) is 4.99 Å². The van der Waals surface area contributed by atoms with Gasteiger partial charge in [-0.15, -0.1) is 0 Å². The topological polar surface area (TPSA) is 63.2 Å². The molecule has 0 saturated carbocycles. The quantitative estimate of drug-likeness (QED) is 0.679. The molecule has 1 N–H and O–H groups in total. The van der Waals surface area contributed by atoms with Crippen molar-refractivity contribution in [2.45, 2.75) is 13.5 Å². The lowest BCUT2D eigenvalue weighted by Gasteiger charge is -2.29. The maximum absolute atomic E-state index is 11.6. The Kier molecular flexibility index (Phi) is 6.02. The number of hydrogen-bond donors (Lipinski definition) is 1. The highest BCUT2D eigenvalue weighted by molar-refractivity contribution is 5.94. The summed E-state index contributed by atoms with van der Waals surface area (Å²) >= 11 is 0. The normalized spacial score (nSPS) is 15.7. The van der Waals surface area contributed by atoms with Crippen LogP contribution in [0.4, 0.5) is 4.79 Å². The van der Waals surface area contributed by atoms with E-state index in [1.165, 1.54) is 0 Å². The molecule has 1 aliphatic rings. The molecule has 0 radical (unpaired) electrons. The zero-order valence-electron chi connectivity index (χ0n) is 12.2. The molecule has 21 heavy (non-hydrogen) atoms. The minimum atomic E-state index is -0.476. The molecular weight excluding hydrogens is 270 g/mol. The summed E-state index contributed by atoms with van der Waals surface area (Å²) < 4.78 is 10.3.